The molecule has 1 heterocycles. The SMILES string of the molecule is C[C@@H]1CS[C@H](C(C)(C)C)N1C=O. The van der Waals surface area contributed by atoms with Gasteiger partial charge >= 0.3 is 0 Å². The van der Waals surface area contributed by atoms with E-state index in [0.29, 0.717) is 11.4 Å². The maximum Gasteiger partial charge on any atom is 0.210 e. The van der Waals surface area contributed by atoms with Gasteiger partial charge in [-0.1, -0.05) is 20.8 Å². The van der Waals surface area contributed by atoms with Crippen LogP contribution in [0.4, 0.5) is 0 Å². The zero-order valence-corrected chi connectivity index (χ0v) is 9.02. The number of rotatable bonds is 1. The highest BCUT2D eigenvalue weighted by molar-refractivity contribution is 8.00. The second-order valence-corrected chi connectivity index (χ2v) is 5.57. The fraction of sp³-hybridized carbons (Fsp3) is 0.889. The molecule has 2 atom stereocenters. The summed E-state index contributed by atoms with van der Waals surface area (Å²) in [6, 6.07) is 0.400. The first kappa shape index (κ1) is 9.90. The molecule has 2 nitrogen and oxygen atoms in total. The molecule has 1 saturated heterocycles. The number of nitrogens with zero attached hydrogens (tertiary/aromatic N) is 1. The quantitative estimate of drug-likeness (QED) is 0.585. The van der Waals surface area contributed by atoms with E-state index in [2.05, 4.69) is 27.7 Å². The van der Waals surface area contributed by atoms with Gasteiger partial charge in [-0.3, -0.25) is 4.79 Å². The molecular weight excluding hydrogens is 170 g/mol. The van der Waals surface area contributed by atoms with Crippen molar-refractivity contribution in [1.82, 2.24) is 4.90 Å². The highest BCUT2D eigenvalue weighted by atomic mass is 32.2. The van der Waals surface area contributed by atoms with Crippen LogP contribution in [-0.2, 0) is 4.79 Å². The average Bonchev–Trinajstić information content (AvgIpc) is 2.29. The van der Waals surface area contributed by atoms with E-state index in [1.807, 2.05) is 16.7 Å². The molecule has 0 N–H and O–H groups in total. The summed E-state index contributed by atoms with van der Waals surface area (Å²) in [5.41, 5.74) is 0.191. The summed E-state index contributed by atoms with van der Waals surface area (Å²) in [7, 11) is 0. The molecule has 3 heteroatoms. The van der Waals surface area contributed by atoms with Crippen LogP contribution in [0.25, 0.3) is 0 Å². The van der Waals surface area contributed by atoms with Crippen LogP contribution in [-0.4, -0.2) is 28.5 Å². The van der Waals surface area contributed by atoms with Crippen molar-refractivity contribution in [2.24, 2.45) is 5.41 Å². The Morgan fingerprint density at radius 1 is 1.50 bits per heavy atom. The predicted molar refractivity (Wildman–Crippen MR) is 53.1 cm³/mol. The maximum absolute atomic E-state index is 10.8. The van der Waals surface area contributed by atoms with Gasteiger partial charge in [-0.15, -0.1) is 11.8 Å². The van der Waals surface area contributed by atoms with Gasteiger partial charge in [0.15, 0.2) is 0 Å². The molecule has 1 fully saturated rings. The van der Waals surface area contributed by atoms with E-state index >= 15 is 0 Å². The minimum Gasteiger partial charge on any atom is -0.329 e. The van der Waals surface area contributed by atoms with Crippen LogP contribution in [0.15, 0.2) is 0 Å². The summed E-state index contributed by atoms with van der Waals surface area (Å²) in [5.74, 6) is 1.07. The molecular formula is C9H17NOS. The van der Waals surface area contributed by atoms with E-state index in [0.717, 1.165) is 12.2 Å². The van der Waals surface area contributed by atoms with Crippen molar-refractivity contribution in [3.8, 4) is 0 Å². The summed E-state index contributed by atoms with van der Waals surface area (Å²) in [6.07, 6.45) is 0.987. The first-order chi connectivity index (χ1) is 5.46. The maximum atomic E-state index is 10.8. The molecule has 1 amide bonds. The largest absolute Gasteiger partial charge is 0.329 e. The van der Waals surface area contributed by atoms with Gasteiger partial charge in [-0.25, -0.2) is 0 Å². The van der Waals surface area contributed by atoms with E-state index in [4.69, 9.17) is 0 Å². The van der Waals surface area contributed by atoms with Crippen molar-refractivity contribution in [3.63, 3.8) is 0 Å². The van der Waals surface area contributed by atoms with Crippen LogP contribution in [0.5, 0.6) is 0 Å². The van der Waals surface area contributed by atoms with Gasteiger partial charge in [0.05, 0.1) is 5.37 Å². The Morgan fingerprint density at radius 3 is 2.42 bits per heavy atom. The van der Waals surface area contributed by atoms with Gasteiger partial charge in [0, 0.05) is 11.8 Å². The molecule has 1 aliphatic rings. The van der Waals surface area contributed by atoms with Crippen molar-refractivity contribution in [2.75, 3.05) is 5.75 Å². The van der Waals surface area contributed by atoms with Crippen molar-refractivity contribution in [1.29, 1.82) is 0 Å². The molecule has 1 aliphatic heterocycles. The summed E-state index contributed by atoms with van der Waals surface area (Å²) in [5, 5.41) is 0.352. The van der Waals surface area contributed by atoms with Crippen LogP contribution in [0, 0.1) is 5.41 Å². The van der Waals surface area contributed by atoms with Gasteiger partial charge in [-0.2, -0.15) is 0 Å². The molecule has 0 aromatic carbocycles. The van der Waals surface area contributed by atoms with Gasteiger partial charge in [-0.05, 0) is 12.3 Å². The third kappa shape index (κ3) is 1.76. The lowest BCUT2D eigenvalue weighted by molar-refractivity contribution is -0.121. The molecule has 12 heavy (non-hydrogen) atoms. The van der Waals surface area contributed by atoms with Gasteiger partial charge in [0.25, 0.3) is 0 Å². The monoisotopic (exact) mass is 187 g/mol. The van der Waals surface area contributed by atoms with Crippen LogP contribution < -0.4 is 0 Å². The van der Waals surface area contributed by atoms with Crippen molar-refractivity contribution in [2.45, 2.75) is 39.1 Å². The molecule has 0 aliphatic carbocycles. The second-order valence-electron chi connectivity index (χ2n) is 4.45. The molecule has 0 radical (unpaired) electrons. The lowest BCUT2D eigenvalue weighted by atomic mass is 9.95. The fourth-order valence-corrected chi connectivity index (χ4v) is 3.05. The number of amides is 1. The number of carbonyl (C=O) groups excluding carboxylic acids is 1. The van der Waals surface area contributed by atoms with Gasteiger partial charge < -0.3 is 4.90 Å². The Hall–Kier alpha value is -0.180. The topological polar surface area (TPSA) is 20.3 Å². The third-order valence-electron chi connectivity index (χ3n) is 2.14. The third-order valence-corrected chi connectivity index (χ3v) is 4.08. The van der Waals surface area contributed by atoms with Crippen LogP contribution in [0.3, 0.4) is 0 Å². The average molecular weight is 187 g/mol. The van der Waals surface area contributed by atoms with Gasteiger partial charge in [0.2, 0.25) is 6.41 Å². The van der Waals surface area contributed by atoms with E-state index in [-0.39, 0.29) is 5.41 Å². The Bertz CT molecular complexity index is 176. The van der Waals surface area contributed by atoms with Crippen LogP contribution >= 0.6 is 11.8 Å². The smallest absolute Gasteiger partial charge is 0.210 e. The van der Waals surface area contributed by atoms with Crippen molar-refractivity contribution in [3.05, 3.63) is 0 Å². The zero-order valence-electron chi connectivity index (χ0n) is 8.20. The molecule has 0 bridgehead atoms. The zero-order chi connectivity index (χ0) is 9.35. The van der Waals surface area contributed by atoms with Crippen LogP contribution in [0.1, 0.15) is 27.7 Å². The predicted octanol–water partition coefficient (Wildman–Crippen LogP) is 1.95. The number of carbonyl (C=O) groups is 1. The lowest BCUT2D eigenvalue weighted by Crippen LogP contribution is -2.40. The molecule has 1 rings (SSSR count). The second kappa shape index (κ2) is 3.29. The normalized spacial score (nSPS) is 30.8. The molecule has 0 spiro atoms. The highest BCUT2D eigenvalue weighted by Crippen LogP contribution is 2.38. The number of thioether (sulfide) groups is 1. The lowest BCUT2D eigenvalue weighted by Gasteiger charge is -2.33. The summed E-state index contributed by atoms with van der Waals surface area (Å²) < 4.78 is 0. The Balaban J connectivity index is 2.73. The Labute approximate surface area is 78.7 Å². The van der Waals surface area contributed by atoms with E-state index < -0.39 is 0 Å². The first-order valence-corrected chi connectivity index (χ1v) is 5.36. The molecule has 0 saturated carbocycles. The first-order valence-electron chi connectivity index (χ1n) is 4.31. The molecule has 0 unspecified atom stereocenters. The number of hydrogen-bond donors (Lipinski definition) is 0. The molecule has 70 valence electrons. The number of hydrogen-bond acceptors (Lipinski definition) is 2. The van der Waals surface area contributed by atoms with E-state index in [9.17, 15) is 4.79 Å². The summed E-state index contributed by atoms with van der Waals surface area (Å²) in [4.78, 5) is 12.7. The molecule has 0 aromatic heterocycles. The summed E-state index contributed by atoms with van der Waals surface area (Å²) in [6.45, 7) is 8.64. The minimum atomic E-state index is 0.191. The standard InChI is InChI=1S/C9H17NOS/c1-7-5-12-8(9(2,3)4)10(7)6-11/h6-8H,5H2,1-4H3/t7-,8-/m1/s1. The minimum absolute atomic E-state index is 0.191. The Morgan fingerprint density at radius 2 is 2.08 bits per heavy atom. The Kier molecular flexibility index (Phi) is 2.71. The highest BCUT2D eigenvalue weighted by Gasteiger charge is 2.37. The van der Waals surface area contributed by atoms with Crippen LogP contribution in [0.2, 0.25) is 0 Å². The van der Waals surface area contributed by atoms with Crippen molar-refractivity contribution < 1.29 is 4.79 Å². The van der Waals surface area contributed by atoms with Gasteiger partial charge in [0.1, 0.15) is 0 Å². The molecule has 0 aromatic rings. The fourth-order valence-electron chi connectivity index (χ4n) is 1.49. The summed E-state index contributed by atoms with van der Waals surface area (Å²) >= 11 is 1.88. The van der Waals surface area contributed by atoms with Crippen molar-refractivity contribution >= 4 is 18.2 Å². The van der Waals surface area contributed by atoms with E-state index in [1.54, 1.807) is 0 Å². The van der Waals surface area contributed by atoms with E-state index in [1.165, 1.54) is 0 Å².